The summed E-state index contributed by atoms with van der Waals surface area (Å²) >= 11 is 1.34. The number of hydrogen-bond donors (Lipinski definition) is 2. The predicted molar refractivity (Wildman–Crippen MR) is 104 cm³/mol. The number of thiophene rings is 1. The molecule has 6 nitrogen and oxygen atoms in total. The van der Waals surface area contributed by atoms with E-state index < -0.39 is 5.91 Å². The van der Waals surface area contributed by atoms with Gasteiger partial charge in [-0.05, 0) is 32.3 Å². The highest BCUT2D eigenvalue weighted by atomic mass is 32.1. The van der Waals surface area contributed by atoms with Gasteiger partial charge >= 0.3 is 0 Å². The minimum absolute atomic E-state index is 0.000662. The molecule has 1 aliphatic carbocycles. The Hall–Kier alpha value is -1.89. The molecule has 144 valence electrons. The van der Waals surface area contributed by atoms with Crippen molar-refractivity contribution in [3.8, 4) is 0 Å². The van der Waals surface area contributed by atoms with E-state index in [4.69, 9.17) is 5.73 Å². The van der Waals surface area contributed by atoms with Crippen LogP contribution in [0, 0.1) is 19.8 Å². The smallest absolute Gasteiger partial charge is 0.251 e. The molecular weight excluding hydrogens is 350 g/mol. The Morgan fingerprint density at radius 3 is 2.35 bits per heavy atom. The Bertz CT molecular complexity index is 690. The fraction of sp³-hybridized carbons (Fsp3) is 0.632. The number of hydrogen-bond acceptors (Lipinski definition) is 4. The topological polar surface area (TPSA) is 92.5 Å². The number of nitrogens with one attached hydrogen (secondary N) is 1. The lowest BCUT2D eigenvalue weighted by Gasteiger charge is -2.35. The number of nitrogens with zero attached hydrogens (tertiary/aromatic N) is 1. The van der Waals surface area contributed by atoms with Gasteiger partial charge in [-0.2, -0.15) is 0 Å². The third kappa shape index (κ3) is 4.63. The van der Waals surface area contributed by atoms with Crippen LogP contribution in [0.4, 0.5) is 5.00 Å². The van der Waals surface area contributed by atoms with Gasteiger partial charge in [-0.3, -0.25) is 14.4 Å². The van der Waals surface area contributed by atoms with Crippen molar-refractivity contribution in [3.63, 3.8) is 0 Å². The van der Waals surface area contributed by atoms with Gasteiger partial charge in [0.1, 0.15) is 11.5 Å². The SMILES string of the molecule is Cc1sc(NC(=O)CN(C(=O)C(C)C)C2CCCCC2)c(C(N)=O)c1C. The highest BCUT2D eigenvalue weighted by Crippen LogP contribution is 2.32. The number of anilines is 1. The normalized spacial score (nSPS) is 15.1. The van der Waals surface area contributed by atoms with Crippen molar-refractivity contribution in [3.05, 3.63) is 16.0 Å². The van der Waals surface area contributed by atoms with Crippen molar-refractivity contribution in [2.24, 2.45) is 11.7 Å². The molecule has 0 aliphatic heterocycles. The van der Waals surface area contributed by atoms with Crippen LogP contribution in [-0.4, -0.2) is 35.2 Å². The Labute approximate surface area is 159 Å². The van der Waals surface area contributed by atoms with Crippen LogP contribution in [0.15, 0.2) is 0 Å². The first kappa shape index (κ1) is 20.4. The maximum Gasteiger partial charge on any atom is 0.251 e. The number of amides is 3. The summed E-state index contributed by atoms with van der Waals surface area (Å²) in [6.07, 6.45) is 5.24. The Morgan fingerprint density at radius 1 is 1.19 bits per heavy atom. The molecule has 0 unspecified atom stereocenters. The zero-order valence-corrected chi connectivity index (χ0v) is 16.9. The van der Waals surface area contributed by atoms with Crippen molar-refractivity contribution in [2.75, 3.05) is 11.9 Å². The van der Waals surface area contributed by atoms with E-state index in [1.54, 1.807) is 4.90 Å². The molecule has 1 aromatic rings. The quantitative estimate of drug-likeness (QED) is 0.795. The molecule has 3 amide bonds. The first-order valence-corrected chi connectivity index (χ1v) is 10.0. The van der Waals surface area contributed by atoms with Gasteiger partial charge in [0, 0.05) is 16.8 Å². The highest BCUT2D eigenvalue weighted by molar-refractivity contribution is 7.16. The Morgan fingerprint density at radius 2 is 1.81 bits per heavy atom. The molecule has 0 aromatic carbocycles. The van der Waals surface area contributed by atoms with E-state index in [0.717, 1.165) is 36.1 Å². The highest BCUT2D eigenvalue weighted by Gasteiger charge is 2.29. The lowest BCUT2D eigenvalue weighted by atomic mass is 9.93. The first-order valence-electron chi connectivity index (χ1n) is 9.22. The van der Waals surface area contributed by atoms with Gasteiger partial charge < -0.3 is 16.0 Å². The summed E-state index contributed by atoms with van der Waals surface area (Å²) in [4.78, 5) is 39.7. The second kappa shape index (κ2) is 8.66. The molecule has 1 heterocycles. The predicted octanol–water partition coefficient (Wildman–Crippen LogP) is 3.22. The molecule has 1 aromatic heterocycles. The summed E-state index contributed by atoms with van der Waals surface area (Å²) in [6, 6.07) is 0.117. The molecule has 1 aliphatic rings. The van der Waals surface area contributed by atoms with Crippen molar-refractivity contribution in [1.82, 2.24) is 4.90 Å². The summed E-state index contributed by atoms with van der Waals surface area (Å²) in [6.45, 7) is 7.42. The number of aryl methyl sites for hydroxylation is 1. The molecule has 3 N–H and O–H groups in total. The van der Waals surface area contributed by atoms with Gasteiger partial charge in [0.05, 0.1) is 5.56 Å². The van der Waals surface area contributed by atoms with Crippen LogP contribution in [-0.2, 0) is 9.59 Å². The van der Waals surface area contributed by atoms with Gasteiger partial charge in [-0.15, -0.1) is 11.3 Å². The minimum atomic E-state index is -0.551. The molecule has 1 fully saturated rings. The summed E-state index contributed by atoms with van der Waals surface area (Å²) in [5.74, 6) is -0.990. The second-order valence-corrected chi connectivity index (χ2v) is 8.54. The maximum atomic E-state index is 12.6. The standard InChI is InChI=1S/C19H29N3O3S/c1-11(2)19(25)22(14-8-6-5-7-9-14)10-15(23)21-18-16(17(20)24)12(3)13(4)26-18/h11,14H,5-10H2,1-4H3,(H2,20,24)(H,21,23). The van der Waals surface area contributed by atoms with Gasteiger partial charge in [-0.25, -0.2) is 0 Å². The molecule has 26 heavy (non-hydrogen) atoms. The van der Waals surface area contributed by atoms with Crippen LogP contribution >= 0.6 is 11.3 Å². The number of rotatable bonds is 6. The van der Waals surface area contributed by atoms with Crippen LogP contribution in [0.3, 0.4) is 0 Å². The number of carbonyl (C=O) groups excluding carboxylic acids is 3. The van der Waals surface area contributed by atoms with E-state index in [1.165, 1.54) is 17.8 Å². The molecule has 0 bridgehead atoms. The summed E-state index contributed by atoms with van der Waals surface area (Å²) < 4.78 is 0. The van der Waals surface area contributed by atoms with Crippen LogP contribution < -0.4 is 11.1 Å². The first-order chi connectivity index (χ1) is 12.2. The van der Waals surface area contributed by atoms with Crippen LogP contribution in [0.1, 0.15) is 66.8 Å². The minimum Gasteiger partial charge on any atom is -0.365 e. The third-order valence-corrected chi connectivity index (χ3v) is 6.11. The molecule has 0 saturated heterocycles. The fourth-order valence-electron chi connectivity index (χ4n) is 3.44. The number of nitrogens with two attached hydrogens (primary N) is 1. The van der Waals surface area contributed by atoms with Crippen LogP contribution in [0.25, 0.3) is 0 Å². The summed E-state index contributed by atoms with van der Waals surface area (Å²) in [5.41, 5.74) is 6.62. The lowest BCUT2D eigenvalue weighted by molar-refractivity contribution is -0.140. The molecule has 0 atom stereocenters. The number of primary amides is 1. The van der Waals surface area contributed by atoms with Crippen molar-refractivity contribution in [2.45, 2.75) is 65.8 Å². The average Bonchev–Trinajstić information content (AvgIpc) is 2.86. The van der Waals surface area contributed by atoms with Gasteiger partial charge in [0.15, 0.2) is 0 Å². The zero-order chi connectivity index (χ0) is 19.4. The van der Waals surface area contributed by atoms with E-state index in [2.05, 4.69) is 5.32 Å². The van der Waals surface area contributed by atoms with E-state index in [-0.39, 0.29) is 30.3 Å². The largest absolute Gasteiger partial charge is 0.365 e. The van der Waals surface area contributed by atoms with Crippen molar-refractivity contribution < 1.29 is 14.4 Å². The van der Waals surface area contributed by atoms with Gasteiger partial charge in [0.2, 0.25) is 11.8 Å². The van der Waals surface area contributed by atoms with E-state index in [9.17, 15) is 14.4 Å². The van der Waals surface area contributed by atoms with Crippen LogP contribution in [0.2, 0.25) is 0 Å². The van der Waals surface area contributed by atoms with Gasteiger partial charge in [0.25, 0.3) is 5.91 Å². The third-order valence-electron chi connectivity index (χ3n) is 4.99. The van der Waals surface area contributed by atoms with E-state index >= 15 is 0 Å². The lowest BCUT2D eigenvalue weighted by Crippen LogP contribution is -2.47. The monoisotopic (exact) mass is 379 g/mol. The fourth-order valence-corrected chi connectivity index (χ4v) is 4.53. The average molecular weight is 380 g/mol. The molecule has 0 spiro atoms. The summed E-state index contributed by atoms with van der Waals surface area (Å²) in [7, 11) is 0. The van der Waals surface area contributed by atoms with Crippen molar-refractivity contribution in [1.29, 1.82) is 0 Å². The van der Waals surface area contributed by atoms with Gasteiger partial charge in [-0.1, -0.05) is 33.1 Å². The molecule has 7 heteroatoms. The number of carbonyl (C=O) groups is 3. The van der Waals surface area contributed by atoms with E-state index in [1.807, 2.05) is 27.7 Å². The maximum absolute atomic E-state index is 12.6. The zero-order valence-electron chi connectivity index (χ0n) is 16.1. The molecule has 1 saturated carbocycles. The Balaban J connectivity index is 2.16. The van der Waals surface area contributed by atoms with Crippen LogP contribution in [0.5, 0.6) is 0 Å². The second-order valence-electron chi connectivity index (χ2n) is 7.31. The molecule has 2 rings (SSSR count). The molecule has 0 radical (unpaired) electrons. The Kier molecular flexibility index (Phi) is 6.81. The summed E-state index contributed by atoms with van der Waals surface area (Å²) in [5, 5.41) is 3.27. The van der Waals surface area contributed by atoms with E-state index in [0.29, 0.717) is 10.6 Å². The van der Waals surface area contributed by atoms with Crippen molar-refractivity contribution >= 4 is 34.1 Å². The molecular formula is C19H29N3O3S.